The highest BCUT2D eigenvalue weighted by Crippen LogP contribution is 2.41. The first kappa shape index (κ1) is 13.1. The zero-order chi connectivity index (χ0) is 13.0. The van der Waals surface area contributed by atoms with Gasteiger partial charge in [0.2, 0.25) is 6.79 Å². The Balaban J connectivity index is 2.16. The van der Waals surface area contributed by atoms with Gasteiger partial charge in [0, 0.05) is 13.7 Å². The molecule has 96 valence electrons. The van der Waals surface area contributed by atoms with Crippen LogP contribution >= 0.6 is 15.9 Å². The first-order chi connectivity index (χ1) is 8.76. The second kappa shape index (κ2) is 6.05. The van der Waals surface area contributed by atoms with Crippen molar-refractivity contribution in [2.24, 2.45) is 0 Å². The minimum absolute atomic E-state index is 0.214. The number of benzene rings is 1. The van der Waals surface area contributed by atoms with Gasteiger partial charge in [-0.2, -0.15) is 5.26 Å². The van der Waals surface area contributed by atoms with Gasteiger partial charge in [0.1, 0.15) is 6.04 Å². The van der Waals surface area contributed by atoms with E-state index in [0.29, 0.717) is 24.7 Å². The molecule has 1 N–H and O–H groups in total. The molecule has 1 aromatic rings. The predicted molar refractivity (Wildman–Crippen MR) is 68.5 cm³/mol. The van der Waals surface area contributed by atoms with Crippen LogP contribution in [0, 0.1) is 11.3 Å². The van der Waals surface area contributed by atoms with E-state index < -0.39 is 6.04 Å². The van der Waals surface area contributed by atoms with E-state index in [1.807, 2.05) is 12.1 Å². The van der Waals surface area contributed by atoms with Crippen LogP contribution in [0.25, 0.3) is 0 Å². The minimum Gasteiger partial charge on any atom is -0.454 e. The third kappa shape index (κ3) is 2.75. The van der Waals surface area contributed by atoms with Gasteiger partial charge in [0.25, 0.3) is 0 Å². The fourth-order valence-corrected chi connectivity index (χ4v) is 2.27. The van der Waals surface area contributed by atoms with Gasteiger partial charge in [-0.1, -0.05) is 0 Å². The second-order valence-corrected chi connectivity index (χ2v) is 4.60. The van der Waals surface area contributed by atoms with Gasteiger partial charge in [0.05, 0.1) is 17.1 Å². The molecule has 1 heterocycles. The molecule has 2 rings (SSSR count). The van der Waals surface area contributed by atoms with E-state index in [1.165, 1.54) is 0 Å². The van der Waals surface area contributed by atoms with Crippen LogP contribution in [0.2, 0.25) is 0 Å². The van der Waals surface area contributed by atoms with Crippen LogP contribution in [0.5, 0.6) is 11.5 Å². The minimum atomic E-state index is -0.397. The molecule has 0 aromatic heterocycles. The van der Waals surface area contributed by atoms with E-state index in [1.54, 1.807) is 7.11 Å². The number of halogens is 1. The summed E-state index contributed by atoms with van der Waals surface area (Å²) in [5, 5.41) is 12.3. The first-order valence-corrected chi connectivity index (χ1v) is 6.26. The number of rotatable bonds is 5. The molecule has 1 aliphatic rings. The Labute approximate surface area is 114 Å². The van der Waals surface area contributed by atoms with Crippen LogP contribution in [0.4, 0.5) is 0 Å². The molecule has 1 unspecified atom stereocenters. The van der Waals surface area contributed by atoms with Crippen molar-refractivity contribution in [2.45, 2.75) is 6.04 Å². The molecular weight excluding hydrogens is 300 g/mol. The van der Waals surface area contributed by atoms with Crippen molar-refractivity contribution in [3.63, 3.8) is 0 Å². The van der Waals surface area contributed by atoms with Gasteiger partial charge in [-0.3, -0.25) is 5.32 Å². The van der Waals surface area contributed by atoms with Crippen molar-refractivity contribution >= 4 is 15.9 Å². The highest BCUT2D eigenvalue weighted by molar-refractivity contribution is 9.10. The number of hydrogen-bond acceptors (Lipinski definition) is 5. The Morgan fingerprint density at radius 2 is 2.39 bits per heavy atom. The van der Waals surface area contributed by atoms with Gasteiger partial charge in [-0.05, 0) is 33.6 Å². The Hall–Kier alpha value is -1.29. The first-order valence-electron chi connectivity index (χ1n) is 5.47. The number of hydrogen-bond donors (Lipinski definition) is 1. The molecule has 0 radical (unpaired) electrons. The van der Waals surface area contributed by atoms with Crippen molar-refractivity contribution in [1.29, 1.82) is 5.26 Å². The highest BCUT2D eigenvalue weighted by Gasteiger charge is 2.21. The largest absolute Gasteiger partial charge is 0.454 e. The Bertz CT molecular complexity index is 473. The lowest BCUT2D eigenvalue weighted by molar-refractivity contribution is 0.173. The summed E-state index contributed by atoms with van der Waals surface area (Å²) in [5.74, 6) is 1.35. The van der Waals surface area contributed by atoms with Crippen LogP contribution in [0.3, 0.4) is 0 Å². The van der Waals surface area contributed by atoms with Crippen LogP contribution in [-0.2, 0) is 4.74 Å². The second-order valence-electron chi connectivity index (χ2n) is 3.75. The van der Waals surface area contributed by atoms with Crippen molar-refractivity contribution in [3.05, 3.63) is 22.2 Å². The summed E-state index contributed by atoms with van der Waals surface area (Å²) < 4.78 is 16.4. The molecule has 0 aliphatic carbocycles. The van der Waals surface area contributed by atoms with E-state index in [0.717, 1.165) is 10.0 Å². The third-order valence-electron chi connectivity index (χ3n) is 2.57. The summed E-state index contributed by atoms with van der Waals surface area (Å²) in [6.45, 7) is 1.39. The Morgan fingerprint density at radius 1 is 1.56 bits per heavy atom. The molecule has 0 spiro atoms. The van der Waals surface area contributed by atoms with Gasteiger partial charge >= 0.3 is 0 Å². The fraction of sp³-hybridized carbons (Fsp3) is 0.417. The topological polar surface area (TPSA) is 63.5 Å². The summed E-state index contributed by atoms with van der Waals surface area (Å²) in [6.07, 6.45) is 0. The van der Waals surface area contributed by atoms with Gasteiger partial charge in [-0.15, -0.1) is 0 Å². The number of nitrogens with zero attached hydrogens (tertiary/aromatic N) is 1. The SMILES string of the molecule is COCCNC(C#N)c1cc(Br)c2c(c1)OCO2. The van der Waals surface area contributed by atoms with Crippen LogP contribution in [0.15, 0.2) is 16.6 Å². The third-order valence-corrected chi connectivity index (χ3v) is 3.16. The van der Waals surface area contributed by atoms with E-state index in [9.17, 15) is 5.26 Å². The molecule has 1 atom stereocenters. The van der Waals surface area contributed by atoms with Gasteiger partial charge < -0.3 is 14.2 Å². The van der Waals surface area contributed by atoms with Crippen LogP contribution < -0.4 is 14.8 Å². The quantitative estimate of drug-likeness (QED) is 0.842. The standard InChI is InChI=1S/C12H13BrN2O3/c1-16-3-2-15-10(6-14)8-4-9(13)12-11(5-8)17-7-18-12/h4-5,10,15H,2-3,7H2,1H3. The lowest BCUT2D eigenvalue weighted by Gasteiger charge is -2.12. The average molecular weight is 313 g/mol. The number of nitriles is 1. The molecule has 0 fully saturated rings. The monoisotopic (exact) mass is 312 g/mol. The summed E-state index contributed by atoms with van der Waals surface area (Å²) in [7, 11) is 1.63. The van der Waals surface area contributed by atoms with Crippen LogP contribution in [0.1, 0.15) is 11.6 Å². The summed E-state index contributed by atoms with van der Waals surface area (Å²) >= 11 is 3.41. The maximum absolute atomic E-state index is 9.18. The Morgan fingerprint density at radius 3 is 3.11 bits per heavy atom. The maximum atomic E-state index is 9.18. The number of fused-ring (bicyclic) bond motifs is 1. The molecular formula is C12H13BrN2O3. The molecule has 1 aliphatic heterocycles. The molecule has 18 heavy (non-hydrogen) atoms. The van der Waals surface area contributed by atoms with Crippen molar-refractivity contribution < 1.29 is 14.2 Å². The molecule has 5 nitrogen and oxygen atoms in total. The zero-order valence-electron chi connectivity index (χ0n) is 9.90. The molecule has 0 amide bonds. The predicted octanol–water partition coefficient (Wildman–Crippen LogP) is 1.98. The normalized spacial score (nSPS) is 14.3. The van der Waals surface area contributed by atoms with Crippen molar-refractivity contribution in [1.82, 2.24) is 5.32 Å². The summed E-state index contributed by atoms with van der Waals surface area (Å²) in [6, 6.07) is 5.50. The van der Waals surface area contributed by atoms with E-state index in [-0.39, 0.29) is 6.79 Å². The van der Waals surface area contributed by atoms with Gasteiger partial charge in [0.15, 0.2) is 11.5 Å². The number of methoxy groups -OCH3 is 1. The lowest BCUT2D eigenvalue weighted by Crippen LogP contribution is -2.23. The summed E-state index contributed by atoms with van der Waals surface area (Å²) in [5.41, 5.74) is 0.838. The van der Waals surface area contributed by atoms with Crippen molar-refractivity contribution in [3.8, 4) is 17.6 Å². The van der Waals surface area contributed by atoms with E-state index in [4.69, 9.17) is 14.2 Å². The maximum Gasteiger partial charge on any atom is 0.231 e. The van der Waals surface area contributed by atoms with Crippen LogP contribution in [-0.4, -0.2) is 27.1 Å². The molecule has 6 heteroatoms. The highest BCUT2D eigenvalue weighted by atomic mass is 79.9. The molecule has 1 aromatic carbocycles. The number of nitrogens with one attached hydrogen (secondary N) is 1. The fourth-order valence-electron chi connectivity index (χ4n) is 1.70. The zero-order valence-corrected chi connectivity index (χ0v) is 11.5. The Kier molecular flexibility index (Phi) is 4.42. The molecule has 0 bridgehead atoms. The van der Waals surface area contributed by atoms with E-state index in [2.05, 4.69) is 27.3 Å². The average Bonchev–Trinajstić information content (AvgIpc) is 2.83. The lowest BCUT2D eigenvalue weighted by atomic mass is 10.1. The molecule has 0 saturated carbocycles. The van der Waals surface area contributed by atoms with Gasteiger partial charge in [-0.25, -0.2) is 0 Å². The number of ether oxygens (including phenoxy) is 3. The molecule has 0 saturated heterocycles. The van der Waals surface area contributed by atoms with Crippen molar-refractivity contribution in [2.75, 3.05) is 27.1 Å². The smallest absolute Gasteiger partial charge is 0.231 e. The van der Waals surface area contributed by atoms with E-state index >= 15 is 0 Å². The summed E-state index contributed by atoms with van der Waals surface area (Å²) in [4.78, 5) is 0.